The van der Waals surface area contributed by atoms with Crippen LogP contribution in [-0.4, -0.2) is 54.9 Å². The van der Waals surface area contributed by atoms with Gasteiger partial charge in [-0.1, -0.05) is 0 Å². The van der Waals surface area contributed by atoms with E-state index in [0.717, 1.165) is 6.42 Å². The van der Waals surface area contributed by atoms with Gasteiger partial charge >= 0.3 is 12.1 Å². The monoisotopic (exact) mass is 202 g/mol. The maximum atomic E-state index is 10.8. The highest BCUT2D eigenvalue weighted by atomic mass is 16.5. The number of nitrogens with one attached hydrogen (secondary N) is 1. The largest absolute Gasteiger partial charge is 0.480 e. The molecule has 1 amide bonds. The molecule has 1 aliphatic heterocycles. The number of hydrogen-bond donors (Lipinski definition) is 2. The molecule has 6 heteroatoms. The van der Waals surface area contributed by atoms with Crippen molar-refractivity contribution in [2.45, 2.75) is 12.5 Å². The summed E-state index contributed by atoms with van der Waals surface area (Å²) < 4.78 is 4.44. The lowest BCUT2D eigenvalue weighted by atomic mass is 10.3. The van der Waals surface area contributed by atoms with Crippen molar-refractivity contribution >= 4 is 12.1 Å². The summed E-state index contributed by atoms with van der Waals surface area (Å²) >= 11 is 0. The number of nitrogens with zero attached hydrogens (tertiary/aromatic N) is 1. The zero-order valence-electron chi connectivity index (χ0n) is 8.02. The van der Waals surface area contributed by atoms with Crippen LogP contribution in [0.4, 0.5) is 4.79 Å². The minimum atomic E-state index is -0.844. The Bertz CT molecular complexity index is 231. The molecule has 1 aliphatic rings. The number of carbonyl (C=O) groups is 2. The molecule has 80 valence electrons. The fraction of sp³-hybridized carbons (Fsp3) is 0.750. The Balaban J connectivity index is 2.27. The number of alkyl carbamates (subject to hydrolysis) is 1. The second-order valence-corrected chi connectivity index (χ2v) is 3.25. The van der Waals surface area contributed by atoms with E-state index in [1.165, 1.54) is 7.11 Å². The van der Waals surface area contributed by atoms with E-state index in [9.17, 15) is 9.59 Å². The molecule has 1 rings (SSSR count). The second kappa shape index (κ2) is 4.80. The summed E-state index contributed by atoms with van der Waals surface area (Å²) in [6.07, 6.45) is 0.301. The summed E-state index contributed by atoms with van der Waals surface area (Å²) in [5.41, 5.74) is 0. The van der Waals surface area contributed by atoms with Gasteiger partial charge < -0.3 is 15.2 Å². The van der Waals surface area contributed by atoms with Gasteiger partial charge in [-0.15, -0.1) is 0 Å². The smallest absolute Gasteiger partial charge is 0.407 e. The molecule has 1 fully saturated rings. The third kappa shape index (κ3) is 3.21. The van der Waals surface area contributed by atoms with Crippen LogP contribution in [0, 0.1) is 0 Å². The molecule has 0 bridgehead atoms. The predicted molar refractivity (Wildman–Crippen MR) is 48.0 cm³/mol. The first-order valence-corrected chi connectivity index (χ1v) is 4.40. The van der Waals surface area contributed by atoms with Crippen LogP contribution in [0.2, 0.25) is 0 Å². The van der Waals surface area contributed by atoms with E-state index in [4.69, 9.17) is 5.11 Å². The SMILES string of the molecule is COC(=O)N[C@H]1CCN(CC(=O)O)C1. The minimum Gasteiger partial charge on any atom is -0.480 e. The molecule has 6 nitrogen and oxygen atoms in total. The number of carbonyl (C=O) groups excluding carboxylic acids is 1. The number of rotatable bonds is 3. The Labute approximate surface area is 81.8 Å². The molecule has 14 heavy (non-hydrogen) atoms. The molecule has 0 spiro atoms. The summed E-state index contributed by atoms with van der Waals surface area (Å²) in [4.78, 5) is 23.0. The molecule has 0 aromatic heterocycles. The fourth-order valence-corrected chi connectivity index (χ4v) is 1.51. The van der Waals surface area contributed by atoms with Crippen molar-refractivity contribution in [3.8, 4) is 0 Å². The average Bonchev–Trinajstić information content (AvgIpc) is 2.51. The molecule has 1 atom stereocenters. The Morgan fingerprint density at radius 1 is 1.64 bits per heavy atom. The Morgan fingerprint density at radius 2 is 2.36 bits per heavy atom. The number of aliphatic carboxylic acids is 1. The van der Waals surface area contributed by atoms with Crippen LogP contribution in [0.25, 0.3) is 0 Å². The Morgan fingerprint density at radius 3 is 2.93 bits per heavy atom. The molecule has 1 heterocycles. The van der Waals surface area contributed by atoms with Crippen LogP contribution in [-0.2, 0) is 9.53 Å². The van der Waals surface area contributed by atoms with Gasteiger partial charge in [0.1, 0.15) is 0 Å². The third-order valence-corrected chi connectivity index (χ3v) is 2.14. The molecular weight excluding hydrogens is 188 g/mol. The van der Waals surface area contributed by atoms with E-state index in [1.54, 1.807) is 4.90 Å². The zero-order valence-corrected chi connectivity index (χ0v) is 8.02. The van der Waals surface area contributed by atoms with Gasteiger partial charge in [-0.3, -0.25) is 9.69 Å². The lowest BCUT2D eigenvalue weighted by Gasteiger charge is -2.13. The molecule has 0 aromatic rings. The zero-order chi connectivity index (χ0) is 10.6. The van der Waals surface area contributed by atoms with Gasteiger partial charge in [0.15, 0.2) is 0 Å². The summed E-state index contributed by atoms with van der Waals surface area (Å²) in [6, 6.07) is 0.00167. The average molecular weight is 202 g/mol. The molecule has 0 unspecified atom stereocenters. The Kier molecular flexibility index (Phi) is 3.70. The lowest BCUT2D eigenvalue weighted by molar-refractivity contribution is -0.138. The van der Waals surface area contributed by atoms with Gasteiger partial charge in [-0.05, 0) is 6.42 Å². The van der Waals surface area contributed by atoms with Crippen LogP contribution in [0.15, 0.2) is 0 Å². The number of carboxylic acid groups (broad SMARTS) is 1. The topological polar surface area (TPSA) is 78.9 Å². The standard InChI is InChI=1S/C8H14N2O4/c1-14-8(13)9-6-2-3-10(4-6)5-7(11)12/h6H,2-5H2,1H3,(H,9,13)(H,11,12)/t6-/m0/s1. The van der Waals surface area contributed by atoms with Crippen molar-refractivity contribution in [2.75, 3.05) is 26.7 Å². The minimum absolute atomic E-state index is 0.00167. The van der Waals surface area contributed by atoms with Gasteiger partial charge in [-0.25, -0.2) is 4.79 Å². The number of likely N-dealkylation sites (tertiary alicyclic amines) is 1. The molecule has 0 aromatic carbocycles. The molecule has 0 radical (unpaired) electrons. The van der Waals surface area contributed by atoms with Gasteiger partial charge in [0.2, 0.25) is 0 Å². The summed E-state index contributed by atoms with van der Waals surface area (Å²) in [5.74, 6) is -0.844. The third-order valence-electron chi connectivity index (χ3n) is 2.14. The predicted octanol–water partition coefficient (Wildman–Crippen LogP) is -0.499. The van der Waals surface area contributed by atoms with Gasteiger partial charge in [-0.2, -0.15) is 0 Å². The van der Waals surface area contributed by atoms with E-state index in [0.29, 0.717) is 13.1 Å². The highest BCUT2D eigenvalue weighted by molar-refractivity contribution is 5.69. The van der Waals surface area contributed by atoms with Crippen LogP contribution in [0.3, 0.4) is 0 Å². The number of amides is 1. The number of ether oxygens (including phenoxy) is 1. The molecule has 0 aliphatic carbocycles. The van der Waals surface area contributed by atoms with Gasteiger partial charge in [0.05, 0.1) is 13.7 Å². The maximum Gasteiger partial charge on any atom is 0.407 e. The van der Waals surface area contributed by atoms with Gasteiger partial charge in [0.25, 0.3) is 0 Å². The normalized spacial score (nSPS) is 21.9. The van der Waals surface area contributed by atoms with E-state index in [-0.39, 0.29) is 12.6 Å². The van der Waals surface area contributed by atoms with Crippen molar-refractivity contribution < 1.29 is 19.4 Å². The number of methoxy groups -OCH3 is 1. The lowest BCUT2D eigenvalue weighted by Crippen LogP contribution is -2.37. The van der Waals surface area contributed by atoms with Crippen LogP contribution in [0.1, 0.15) is 6.42 Å². The quantitative estimate of drug-likeness (QED) is 0.645. The number of hydrogen-bond acceptors (Lipinski definition) is 4. The van der Waals surface area contributed by atoms with Crippen LogP contribution < -0.4 is 5.32 Å². The molecule has 1 saturated heterocycles. The summed E-state index contributed by atoms with van der Waals surface area (Å²) in [7, 11) is 1.30. The summed E-state index contributed by atoms with van der Waals surface area (Å²) in [5, 5.41) is 11.2. The summed E-state index contributed by atoms with van der Waals surface area (Å²) in [6.45, 7) is 1.29. The first kappa shape index (κ1) is 10.8. The van der Waals surface area contributed by atoms with E-state index in [2.05, 4.69) is 10.1 Å². The first-order valence-electron chi connectivity index (χ1n) is 4.40. The first-order chi connectivity index (χ1) is 6.61. The number of carboxylic acids is 1. The Hall–Kier alpha value is -1.30. The van der Waals surface area contributed by atoms with Crippen molar-refractivity contribution in [2.24, 2.45) is 0 Å². The van der Waals surface area contributed by atoms with Gasteiger partial charge in [0, 0.05) is 19.1 Å². The van der Waals surface area contributed by atoms with E-state index >= 15 is 0 Å². The maximum absolute atomic E-state index is 10.8. The fourth-order valence-electron chi connectivity index (χ4n) is 1.51. The highest BCUT2D eigenvalue weighted by Gasteiger charge is 2.25. The second-order valence-electron chi connectivity index (χ2n) is 3.25. The molecule has 2 N–H and O–H groups in total. The van der Waals surface area contributed by atoms with Crippen molar-refractivity contribution in [3.05, 3.63) is 0 Å². The van der Waals surface area contributed by atoms with Crippen LogP contribution >= 0.6 is 0 Å². The van der Waals surface area contributed by atoms with Crippen molar-refractivity contribution in [3.63, 3.8) is 0 Å². The molecule has 0 saturated carbocycles. The highest BCUT2D eigenvalue weighted by Crippen LogP contribution is 2.08. The van der Waals surface area contributed by atoms with E-state index < -0.39 is 12.1 Å². The molecular formula is C8H14N2O4. The van der Waals surface area contributed by atoms with Crippen molar-refractivity contribution in [1.82, 2.24) is 10.2 Å². The van der Waals surface area contributed by atoms with Crippen LogP contribution in [0.5, 0.6) is 0 Å². The van der Waals surface area contributed by atoms with Crippen molar-refractivity contribution in [1.29, 1.82) is 0 Å². The van der Waals surface area contributed by atoms with E-state index in [1.807, 2.05) is 0 Å².